The summed E-state index contributed by atoms with van der Waals surface area (Å²) < 4.78 is 5.53. The average Bonchev–Trinajstić information content (AvgIpc) is 3.23. The van der Waals surface area contributed by atoms with Gasteiger partial charge in [0.2, 0.25) is 0 Å². The van der Waals surface area contributed by atoms with Gasteiger partial charge in [-0.3, -0.25) is 4.99 Å². The van der Waals surface area contributed by atoms with E-state index in [2.05, 4.69) is 51.4 Å². The number of aliphatic imine (C=N–C) groups is 1. The van der Waals surface area contributed by atoms with Gasteiger partial charge in [0.1, 0.15) is 5.75 Å². The number of halogens is 1. The summed E-state index contributed by atoms with van der Waals surface area (Å²) in [6, 6.07) is 8.67. The highest BCUT2D eigenvalue weighted by molar-refractivity contribution is 14.0. The molecule has 2 saturated heterocycles. The number of nitrogens with one attached hydrogen (secondary N) is 2. The van der Waals surface area contributed by atoms with Crippen molar-refractivity contribution >= 4 is 35.6 Å². The summed E-state index contributed by atoms with van der Waals surface area (Å²) in [6.07, 6.45) is 3.46. The van der Waals surface area contributed by atoms with E-state index in [0.29, 0.717) is 6.04 Å². The van der Waals surface area contributed by atoms with E-state index >= 15 is 0 Å². The molecule has 1 aromatic carbocycles. The molecule has 0 radical (unpaired) electrons. The zero-order valence-corrected chi connectivity index (χ0v) is 21.8. The number of anilines is 1. The van der Waals surface area contributed by atoms with E-state index in [0.717, 1.165) is 50.7 Å². The molecule has 0 aromatic heterocycles. The van der Waals surface area contributed by atoms with Gasteiger partial charge in [-0.15, -0.1) is 24.0 Å². The summed E-state index contributed by atoms with van der Waals surface area (Å²) in [6.45, 7) is 11.9. The van der Waals surface area contributed by atoms with Crippen molar-refractivity contribution in [2.24, 2.45) is 4.99 Å². The van der Waals surface area contributed by atoms with Crippen LogP contribution in [-0.4, -0.2) is 94.9 Å². The molecule has 31 heavy (non-hydrogen) atoms. The molecule has 8 heteroatoms. The molecule has 1 unspecified atom stereocenters. The minimum Gasteiger partial charge on any atom is -0.495 e. The van der Waals surface area contributed by atoms with Crippen LogP contribution in [0.1, 0.15) is 26.2 Å². The molecule has 7 nitrogen and oxygen atoms in total. The second kappa shape index (κ2) is 14.0. The average molecular weight is 545 g/mol. The van der Waals surface area contributed by atoms with Crippen LogP contribution in [0.25, 0.3) is 0 Å². The van der Waals surface area contributed by atoms with Gasteiger partial charge in [0, 0.05) is 58.4 Å². The number of nitrogens with zero attached hydrogens (tertiary/aromatic N) is 4. The number of likely N-dealkylation sites (N-methyl/N-ethyl adjacent to an activating group) is 1. The van der Waals surface area contributed by atoms with E-state index < -0.39 is 0 Å². The third-order valence-corrected chi connectivity index (χ3v) is 6.05. The molecular weight excluding hydrogens is 503 g/mol. The van der Waals surface area contributed by atoms with Crippen LogP contribution in [0, 0.1) is 0 Å². The number of unbranched alkanes of at least 4 members (excludes halogenated alkanes) is 1. The maximum atomic E-state index is 5.53. The number of hydrogen-bond donors (Lipinski definition) is 2. The van der Waals surface area contributed by atoms with Gasteiger partial charge in [0.15, 0.2) is 5.96 Å². The summed E-state index contributed by atoms with van der Waals surface area (Å²) >= 11 is 0. The van der Waals surface area contributed by atoms with E-state index in [1.54, 1.807) is 7.11 Å². The number of benzene rings is 1. The van der Waals surface area contributed by atoms with Gasteiger partial charge < -0.3 is 30.1 Å². The van der Waals surface area contributed by atoms with Gasteiger partial charge in [-0.05, 0) is 51.9 Å². The molecule has 176 valence electrons. The maximum Gasteiger partial charge on any atom is 0.191 e. The van der Waals surface area contributed by atoms with Crippen molar-refractivity contribution in [2.45, 2.75) is 32.2 Å². The van der Waals surface area contributed by atoms with Crippen molar-refractivity contribution in [1.82, 2.24) is 20.4 Å². The number of rotatable bonds is 9. The van der Waals surface area contributed by atoms with Crippen molar-refractivity contribution in [3.63, 3.8) is 0 Å². The lowest BCUT2D eigenvalue weighted by Crippen LogP contribution is -2.45. The van der Waals surface area contributed by atoms with E-state index in [1.807, 2.05) is 12.1 Å². The fraction of sp³-hybridized carbons (Fsp3) is 0.696. The largest absolute Gasteiger partial charge is 0.495 e. The van der Waals surface area contributed by atoms with Crippen LogP contribution in [0.15, 0.2) is 29.3 Å². The van der Waals surface area contributed by atoms with Crippen LogP contribution in [0.5, 0.6) is 5.75 Å². The summed E-state index contributed by atoms with van der Waals surface area (Å²) in [5.41, 5.74) is 1.18. The molecule has 1 atom stereocenters. The van der Waals surface area contributed by atoms with Crippen molar-refractivity contribution in [1.29, 1.82) is 0 Å². The maximum absolute atomic E-state index is 5.53. The second-order valence-electron chi connectivity index (χ2n) is 8.36. The van der Waals surface area contributed by atoms with Crippen molar-refractivity contribution in [3.05, 3.63) is 24.3 Å². The smallest absolute Gasteiger partial charge is 0.191 e. The van der Waals surface area contributed by atoms with E-state index in [4.69, 9.17) is 9.73 Å². The molecule has 0 amide bonds. The number of ether oxygens (including phenoxy) is 1. The van der Waals surface area contributed by atoms with Crippen LogP contribution < -0.4 is 20.3 Å². The quantitative estimate of drug-likeness (QED) is 0.216. The molecule has 0 spiro atoms. The van der Waals surface area contributed by atoms with Crippen LogP contribution in [-0.2, 0) is 0 Å². The molecule has 2 aliphatic rings. The predicted molar refractivity (Wildman–Crippen MR) is 141 cm³/mol. The third kappa shape index (κ3) is 8.31. The molecule has 0 bridgehead atoms. The molecule has 2 aliphatic heterocycles. The highest BCUT2D eigenvalue weighted by atomic mass is 127. The Morgan fingerprint density at radius 2 is 1.90 bits per heavy atom. The molecule has 1 aromatic rings. The molecule has 2 fully saturated rings. The number of hydrogen-bond acceptors (Lipinski definition) is 5. The Bertz CT molecular complexity index is 665. The normalized spacial score (nSPS) is 20.4. The molecular formula is C23H41IN6O. The lowest BCUT2D eigenvalue weighted by atomic mass is 10.2. The van der Waals surface area contributed by atoms with Gasteiger partial charge in [0.05, 0.1) is 12.8 Å². The van der Waals surface area contributed by atoms with Crippen LogP contribution in [0.4, 0.5) is 5.69 Å². The fourth-order valence-electron chi connectivity index (χ4n) is 4.21. The van der Waals surface area contributed by atoms with Crippen molar-refractivity contribution in [3.8, 4) is 5.75 Å². The summed E-state index contributed by atoms with van der Waals surface area (Å²) in [5, 5.41) is 7.05. The Hall–Kier alpha value is -1.26. The Morgan fingerprint density at radius 1 is 1.13 bits per heavy atom. The Labute approximate surface area is 205 Å². The zero-order valence-electron chi connectivity index (χ0n) is 19.5. The molecule has 3 rings (SSSR count). The first kappa shape index (κ1) is 26.0. The highest BCUT2D eigenvalue weighted by Gasteiger charge is 2.25. The van der Waals surface area contributed by atoms with Crippen LogP contribution in [0.2, 0.25) is 0 Å². The zero-order chi connectivity index (χ0) is 21.2. The first-order valence-electron chi connectivity index (χ1n) is 11.5. The predicted octanol–water partition coefficient (Wildman–Crippen LogP) is 2.47. The minimum atomic E-state index is 0. The topological polar surface area (TPSA) is 55.4 Å². The third-order valence-electron chi connectivity index (χ3n) is 6.05. The van der Waals surface area contributed by atoms with Crippen molar-refractivity contribution in [2.75, 3.05) is 78.0 Å². The van der Waals surface area contributed by atoms with Gasteiger partial charge in [-0.25, -0.2) is 0 Å². The molecule has 0 saturated carbocycles. The fourth-order valence-corrected chi connectivity index (χ4v) is 4.21. The van der Waals surface area contributed by atoms with Gasteiger partial charge in [-0.1, -0.05) is 12.1 Å². The summed E-state index contributed by atoms with van der Waals surface area (Å²) in [7, 11) is 3.95. The van der Waals surface area contributed by atoms with E-state index in [9.17, 15) is 0 Å². The van der Waals surface area contributed by atoms with Gasteiger partial charge in [0.25, 0.3) is 0 Å². The molecule has 2 N–H and O–H groups in total. The Morgan fingerprint density at radius 3 is 2.65 bits per heavy atom. The number of methoxy groups -OCH3 is 1. The number of para-hydroxylation sites is 2. The monoisotopic (exact) mass is 544 g/mol. The lowest BCUT2D eigenvalue weighted by molar-refractivity contribution is 0.152. The highest BCUT2D eigenvalue weighted by Crippen LogP contribution is 2.30. The standard InChI is InChI=1S/C23H40N6O.HI/c1-4-24-23(25-12-7-8-13-28-17-15-27(2)16-18-28)26-20-11-14-29(19-20)21-9-5-6-10-22(21)30-3;/h5-6,9-10,20H,4,7-8,11-19H2,1-3H3,(H2,24,25,26);1H. The number of guanidine groups is 1. The minimum absolute atomic E-state index is 0. The van der Waals surface area contributed by atoms with Crippen LogP contribution >= 0.6 is 24.0 Å². The summed E-state index contributed by atoms with van der Waals surface area (Å²) in [4.78, 5) is 12.2. The molecule has 2 heterocycles. The Balaban J connectivity index is 0.00000341. The Kier molecular flexibility index (Phi) is 11.7. The lowest BCUT2D eigenvalue weighted by Gasteiger charge is -2.32. The SMILES string of the molecule is CCNC(=NCCCCN1CCN(C)CC1)NC1CCN(c2ccccc2OC)C1.I. The van der Waals surface area contributed by atoms with Gasteiger partial charge in [-0.2, -0.15) is 0 Å². The van der Waals surface area contributed by atoms with E-state index in [-0.39, 0.29) is 24.0 Å². The van der Waals surface area contributed by atoms with Crippen molar-refractivity contribution < 1.29 is 4.74 Å². The van der Waals surface area contributed by atoms with Gasteiger partial charge >= 0.3 is 0 Å². The van der Waals surface area contributed by atoms with Crippen LogP contribution in [0.3, 0.4) is 0 Å². The second-order valence-corrected chi connectivity index (χ2v) is 8.36. The first-order chi connectivity index (χ1) is 14.7. The number of piperazine rings is 1. The molecule has 0 aliphatic carbocycles. The summed E-state index contributed by atoms with van der Waals surface area (Å²) in [5.74, 6) is 1.89. The van der Waals surface area contributed by atoms with E-state index in [1.165, 1.54) is 44.8 Å². The first-order valence-corrected chi connectivity index (χ1v) is 11.5.